The third kappa shape index (κ3) is 7.90. The van der Waals surface area contributed by atoms with Gasteiger partial charge in [-0.1, -0.05) is 24.1 Å². The second-order valence-electron chi connectivity index (χ2n) is 9.23. The zero-order valence-corrected chi connectivity index (χ0v) is 23.4. The number of fused-ring (bicyclic) bond motifs is 1. The van der Waals surface area contributed by atoms with Crippen LogP contribution >= 0.6 is 7.75 Å². The molecule has 3 rings (SSSR count). The smallest absolute Gasteiger partial charge is 0.459 e. The van der Waals surface area contributed by atoms with Crippen LogP contribution in [0.25, 0.3) is 11.0 Å². The van der Waals surface area contributed by atoms with Gasteiger partial charge >= 0.3 is 13.7 Å². The fraction of sp³-hybridized carbons (Fsp3) is 0.400. The number of nitrogens with one attached hydrogen (secondary N) is 2. The molecule has 16 heteroatoms. The Kier molecular flexibility index (Phi) is 9.90. The van der Waals surface area contributed by atoms with Gasteiger partial charge in [-0.05, 0) is 39.8 Å². The van der Waals surface area contributed by atoms with Gasteiger partial charge in [0.25, 0.3) is 5.56 Å². The van der Waals surface area contributed by atoms with E-state index in [4.69, 9.17) is 30.7 Å². The lowest BCUT2D eigenvalue weighted by Gasteiger charge is -2.30. The number of H-pyrrole nitrogens is 1. The molecule has 41 heavy (non-hydrogen) atoms. The summed E-state index contributed by atoms with van der Waals surface area (Å²) >= 11 is 0. The van der Waals surface area contributed by atoms with Crippen LogP contribution in [0, 0.1) is 18.2 Å². The first kappa shape index (κ1) is 31.7. The van der Waals surface area contributed by atoms with E-state index in [1.165, 1.54) is 19.1 Å². The Hall–Kier alpha value is -3.80. The fourth-order valence-corrected chi connectivity index (χ4v) is 5.00. The minimum atomic E-state index is -4.43. The van der Waals surface area contributed by atoms with Gasteiger partial charge in [0.15, 0.2) is 24.0 Å². The van der Waals surface area contributed by atoms with Gasteiger partial charge in [-0.25, -0.2) is 13.3 Å². The quantitative estimate of drug-likeness (QED) is 0.0985. The molecule has 0 fully saturated rings. The van der Waals surface area contributed by atoms with Crippen molar-refractivity contribution in [3.8, 4) is 18.1 Å². The second kappa shape index (κ2) is 12.8. The number of hydrogen-bond donors (Lipinski definition) is 4. The number of nitrogens with two attached hydrogens (primary N) is 1. The van der Waals surface area contributed by atoms with Gasteiger partial charge in [-0.2, -0.15) is 10.1 Å². The average Bonchev–Trinajstić information content (AvgIpc) is 3.21. The number of esters is 1. The highest BCUT2D eigenvalue weighted by atomic mass is 31.2. The first-order valence-corrected chi connectivity index (χ1v) is 13.7. The maximum atomic E-state index is 15.5. The van der Waals surface area contributed by atoms with Crippen molar-refractivity contribution in [3.05, 3.63) is 52.7 Å². The molecule has 5 N–H and O–H groups in total. The Labute approximate surface area is 233 Å². The molecule has 222 valence electrons. The highest BCUT2D eigenvalue weighted by Gasteiger charge is 2.40. The van der Waals surface area contributed by atoms with Crippen molar-refractivity contribution < 1.29 is 41.8 Å². The van der Waals surface area contributed by atoms with Crippen molar-refractivity contribution in [1.82, 2.24) is 19.6 Å². The van der Waals surface area contributed by atoms with E-state index in [2.05, 4.69) is 15.1 Å². The summed E-state index contributed by atoms with van der Waals surface area (Å²) < 4.78 is 65.7. The number of anilines is 1. The van der Waals surface area contributed by atoms with E-state index in [0.717, 1.165) is 11.5 Å². The Balaban J connectivity index is 1.87. The number of para-hydroxylation sites is 1. The number of aliphatic hydroxyl groups is 1. The maximum Gasteiger partial charge on any atom is 0.459 e. The molecule has 0 saturated heterocycles. The largest absolute Gasteiger partial charge is 0.462 e. The van der Waals surface area contributed by atoms with Crippen molar-refractivity contribution >= 4 is 30.7 Å². The fourth-order valence-electron chi connectivity index (χ4n) is 3.52. The van der Waals surface area contributed by atoms with E-state index >= 15 is 4.39 Å². The van der Waals surface area contributed by atoms with Crippen molar-refractivity contribution in [2.45, 2.75) is 58.0 Å². The van der Waals surface area contributed by atoms with Crippen molar-refractivity contribution in [1.29, 1.82) is 0 Å². The van der Waals surface area contributed by atoms with Gasteiger partial charge in [0.05, 0.1) is 6.10 Å². The van der Waals surface area contributed by atoms with Crippen LogP contribution in [0.3, 0.4) is 0 Å². The van der Waals surface area contributed by atoms with Crippen molar-refractivity contribution in [2.24, 2.45) is 0 Å². The average molecular weight is 598 g/mol. The molecule has 0 aliphatic heterocycles. The number of terminal acetylenes is 1. The van der Waals surface area contributed by atoms with Crippen LogP contribution in [0.15, 0.2) is 41.3 Å². The predicted molar refractivity (Wildman–Crippen MR) is 144 cm³/mol. The molecule has 0 amide bonds. The second-order valence-corrected chi connectivity index (χ2v) is 10.9. The Bertz CT molecular complexity index is 1520. The van der Waals surface area contributed by atoms with E-state index in [1.54, 1.807) is 32.0 Å². The van der Waals surface area contributed by atoms with E-state index < -0.39 is 79.0 Å². The normalized spacial score (nSPS) is 16.8. The molecule has 2 aromatic heterocycles. The van der Waals surface area contributed by atoms with E-state index in [0.29, 0.717) is 6.20 Å². The molecule has 3 aromatic rings. The monoisotopic (exact) mass is 597 g/mol. The number of carbonyl (C=O) groups excluding carboxylic acids is 1. The molecule has 2 unspecified atom stereocenters. The summed E-state index contributed by atoms with van der Waals surface area (Å²) in [4.78, 5) is 30.5. The number of nitrogens with zero attached hydrogens (tertiary/aromatic N) is 2. The molecular formula is C25H30F2N5O8P. The number of benzene rings is 1. The minimum absolute atomic E-state index is 0.0906. The summed E-state index contributed by atoms with van der Waals surface area (Å²) in [7, 11) is -4.43. The number of halogens is 2. The van der Waals surface area contributed by atoms with Gasteiger partial charge in [0.1, 0.15) is 23.8 Å². The van der Waals surface area contributed by atoms with Crippen LogP contribution in [0.2, 0.25) is 0 Å². The third-order valence-corrected chi connectivity index (χ3v) is 7.00. The molecule has 0 saturated carbocycles. The number of aromatic amines is 1. The zero-order chi connectivity index (χ0) is 30.5. The topological polar surface area (TPSA) is 180 Å². The molecule has 0 spiro atoms. The number of aromatic nitrogens is 3. The molecule has 2 heterocycles. The lowest BCUT2D eigenvalue weighted by molar-refractivity contribution is -0.201. The molecule has 0 bridgehead atoms. The number of rotatable bonds is 13. The van der Waals surface area contributed by atoms with Gasteiger partial charge in [0, 0.05) is 6.20 Å². The van der Waals surface area contributed by atoms with Crippen molar-refractivity contribution in [3.63, 3.8) is 0 Å². The molecule has 0 radical (unpaired) electrons. The zero-order valence-electron chi connectivity index (χ0n) is 22.5. The summed E-state index contributed by atoms with van der Waals surface area (Å²) in [6, 6.07) is 6.60. The Morgan fingerprint density at radius 2 is 2.00 bits per heavy atom. The molecular weight excluding hydrogens is 567 g/mol. The first-order valence-electron chi connectivity index (χ1n) is 12.2. The van der Waals surface area contributed by atoms with Crippen LogP contribution in [-0.4, -0.2) is 56.3 Å². The minimum Gasteiger partial charge on any atom is -0.462 e. The van der Waals surface area contributed by atoms with Crippen molar-refractivity contribution in [2.75, 3.05) is 12.3 Å². The van der Waals surface area contributed by atoms with Crippen LogP contribution in [0.5, 0.6) is 5.75 Å². The molecule has 1 aromatic carbocycles. The molecule has 0 aliphatic carbocycles. The molecule has 5 atom stereocenters. The highest BCUT2D eigenvalue weighted by molar-refractivity contribution is 7.52. The lowest BCUT2D eigenvalue weighted by atomic mass is 10.1. The number of carbonyl (C=O) groups is 1. The number of hydrogen-bond acceptors (Lipinski definition) is 10. The van der Waals surface area contributed by atoms with E-state index in [1.807, 2.05) is 5.92 Å². The summed E-state index contributed by atoms with van der Waals surface area (Å²) in [6.45, 7) is 4.59. The highest BCUT2D eigenvalue weighted by Crippen LogP contribution is 2.45. The Morgan fingerprint density at radius 3 is 2.61 bits per heavy atom. The van der Waals surface area contributed by atoms with E-state index in [-0.39, 0.29) is 5.75 Å². The van der Waals surface area contributed by atoms with Gasteiger partial charge in [-0.15, -0.1) is 6.42 Å². The number of aliphatic hydroxyl groups excluding tert-OH is 1. The number of alkyl halides is 1. The van der Waals surface area contributed by atoms with E-state index in [9.17, 15) is 23.7 Å². The lowest BCUT2D eigenvalue weighted by Crippen LogP contribution is -2.38. The van der Waals surface area contributed by atoms with Gasteiger partial charge < -0.3 is 24.8 Å². The first-order chi connectivity index (χ1) is 19.2. The Morgan fingerprint density at radius 1 is 1.34 bits per heavy atom. The molecule has 13 nitrogen and oxygen atoms in total. The van der Waals surface area contributed by atoms with Gasteiger partial charge in [-0.3, -0.25) is 23.7 Å². The van der Waals surface area contributed by atoms with Crippen LogP contribution < -0.4 is 20.9 Å². The summed E-state index contributed by atoms with van der Waals surface area (Å²) in [5, 5.41) is 12.5. The number of ether oxygens (including phenoxy) is 2. The predicted octanol–water partition coefficient (Wildman–Crippen LogP) is 2.77. The van der Waals surface area contributed by atoms with Gasteiger partial charge in [0.2, 0.25) is 11.6 Å². The summed E-state index contributed by atoms with van der Waals surface area (Å²) in [5.41, 5.74) is 1.49. The SMILES string of the molecule is C#CC(C)(F)[C@@H](O[C@@H](O)COP(=O)(N[C@@H](C)C(=O)OC(C)C)Oc1ccccc1)n1cc(F)c2c(=O)[nH]c(N)nc21. The third-order valence-electron chi connectivity index (χ3n) is 5.35. The summed E-state index contributed by atoms with van der Waals surface area (Å²) in [5.74, 6) is -0.330. The van der Waals surface area contributed by atoms with Crippen LogP contribution in [-0.2, 0) is 23.4 Å². The molecule has 0 aliphatic rings. The van der Waals surface area contributed by atoms with Crippen LogP contribution in [0.4, 0.5) is 14.7 Å². The van der Waals surface area contributed by atoms with Crippen LogP contribution in [0.1, 0.15) is 33.9 Å². The summed E-state index contributed by atoms with van der Waals surface area (Å²) in [6.07, 6.45) is 1.52. The standard InChI is InChI=1S/C25H30F2N5O8P/c1-6-25(5,27)23(32-12-17(26)19-20(32)29-24(28)30-21(19)34)39-18(33)13-37-41(36,40-16-10-8-7-9-11-16)31-15(4)22(35)38-14(2)3/h1,7-12,14-15,18,23,33H,13H2,2-5H3,(H,31,36)(H3,28,29,30,34)/t15-,18+,23+,25?,41?/m0/s1. The number of nitrogen functional groups attached to an aromatic ring is 1. The maximum absolute atomic E-state index is 15.5.